The summed E-state index contributed by atoms with van der Waals surface area (Å²) in [5, 5.41) is 3.20. The number of rotatable bonds is 4. The third-order valence-corrected chi connectivity index (χ3v) is 5.33. The van der Waals surface area contributed by atoms with Crippen molar-refractivity contribution in [2.24, 2.45) is 17.3 Å². The first-order valence-corrected chi connectivity index (χ1v) is 7.47. The van der Waals surface area contributed by atoms with Crippen LogP contribution in [0.2, 0.25) is 0 Å². The highest BCUT2D eigenvalue weighted by Crippen LogP contribution is 2.75. The van der Waals surface area contributed by atoms with Crippen LogP contribution >= 0.6 is 0 Å². The van der Waals surface area contributed by atoms with Gasteiger partial charge in [0.2, 0.25) is 5.91 Å². The Bertz CT molecular complexity index is 358. The first-order valence-electron chi connectivity index (χ1n) is 7.47. The summed E-state index contributed by atoms with van der Waals surface area (Å²) in [6.45, 7) is 10.0. The largest absolute Gasteiger partial charge is 0.354 e. The van der Waals surface area contributed by atoms with Crippen LogP contribution in [-0.4, -0.2) is 36.0 Å². The van der Waals surface area contributed by atoms with Crippen LogP contribution < -0.4 is 5.32 Å². The molecule has 3 aliphatic rings. The van der Waals surface area contributed by atoms with Crippen molar-refractivity contribution in [3.05, 3.63) is 0 Å². The molecule has 1 aliphatic heterocycles. The van der Waals surface area contributed by atoms with Gasteiger partial charge in [-0.05, 0) is 57.9 Å². The number of hydrogen-bond donors (Lipinski definition) is 1. The van der Waals surface area contributed by atoms with Gasteiger partial charge in [-0.1, -0.05) is 6.92 Å². The highest BCUT2D eigenvalue weighted by Gasteiger charge is 2.74. The molecule has 18 heavy (non-hydrogen) atoms. The minimum Gasteiger partial charge on any atom is -0.354 e. The summed E-state index contributed by atoms with van der Waals surface area (Å²) in [6.07, 6.45) is 4.95. The number of likely N-dealkylation sites (tertiary alicyclic amines) is 1. The van der Waals surface area contributed by atoms with Crippen molar-refractivity contribution in [2.75, 3.05) is 19.6 Å². The molecular formula is C15H26N2O. The lowest BCUT2D eigenvalue weighted by Gasteiger charge is -2.43. The number of nitrogens with one attached hydrogen (secondary N) is 1. The van der Waals surface area contributed by atoms with Crippen molar-refractivity contribution >= 4 is 5.91 Å². The van der Waals surface area contributed by atoms with E-state index in [2.05, 4.69) is 31.0 Å². The van der Waals surface area contributed by atoms with Gasteiger partial charge in [-0.25, -0.2) is 0 Å². The standard InChI is InChI=1S/C15H26N2O/c1-11-5-4-6-17(9-11)14(2,3)10-16-13(18)15-7-12(15)8-15/h11-12H,4-10H2,1-3H3,(H,16,18). The van der Waals surface area contributed by atoms with Crippen molar-refractivity contribution in [2.45, 2.75) is 52.0 Å². The van der Waals surface area contributed by atoms with E-state index in [0.29, 0.717) is 5.91 Å². The molecular weight excluding hydrogens is 224 g/mol. The predicted molar refractivity (Wildman–Crippen MR) is 72.2 cm³/mol. The molecule has 1 heterocycles. The molecule has 0 aromatic heterocycles. The Morgan fingerprint density at radius 2 is 2.11 bits per heavy atom. The Hall–Kier alpha value is -0.570. The van der Waals surface area contributed by atoms with E-state index in [-0.39, 0.29) is 11.0 Å². The van der Waals surface area contributed by atoms with Crippen molar-refractivity contribution < 1.29 is 4.79 Å². The first kappa shape index (κ1) is 12.5. The van der Waals surface area contributed by atoms with Crippen molar-refractivity contribution in [3.8, 4) is 0 Å². The van der Waals surface area contributed by atoms with Gasteiger partial charge >= 0.3 is 0 Å². The summed E-state index contributed by atoms with van der Waals surface area (Å²) >= 11 is 0. The molecule has 0 bridgehead atoms. The van der Waals surface area contributed by atoms with Gasteiger partial charge in [0.25, 0.3) is 0 Å². The summed E-state index contributed by atoms with van der Waals surface area (Å²) in [4.78, 5) is 14.6. The number of amides is 1. The smallest absolute Gasteiger partial charge is 0.226 e. The zero-order chi connectivity index (χ0) is 13.0. The number of carbonyl (C=O) groups is 1. The average molecular weight is 250 g/mol. The van der Waals surface area contributed by atoms with Gasteiger partial charge in [-0.3, -0.25) is 9.69 Å². The molecule has 1 N–H and O–H groups in total. The lowest BCUT2D eigenvalue weighted by molar-refractivity contribution is -0.124. The summed E-state index contributed by atoms with van der Waals surface area (Å²) in [5.41, 5.74) is 0.214. The normalized spacial score (nSPS) is 39.1. The zero-order valence-electron chi connectivity index (χ0n) is 12.0. The SMILES string of the molecule is CC1CCCN(C(C)(C)CNC(=O)C23CC2C3)C1. The van der Waals surface area contributed by atoms with E-state index in [1.54, 1.807) is 0 Å². The number of fused-ring (bicyclic) bond motifs is 1. The minimum absolute atomic E-state index is 0.0975. The average Bonchev–Trinajstić information content (AvgIpc) is 3.14. The Morgan fingerprint density at radius 1 is 1.44 bits per heavy atom. The fraction of sp³-hybridized carbons (Fsp3) is 0.933. The Morgan fingerprint density at radius 3 is 2.67 bits per heavy atom. The quantitative estimate of drug-likeness (QED) is 0.828. The second-order valence-corrected chi connectivity index (χ2v) is 7.45. The van der Waals surface area contributed by atoms with Gasteiger partial charge in [-0.2, -0.15) is 0 Å². The summed E-state index contributed by atoms with van der Waals surface area (Å²) in [6, 6.07) is 0. The highest BCUT2D eigenvalue weighted by atomic mass is 16.2. The number of nitrogens with zero attached hydrogens (tertiary/aromatic N) is 1. The maximum atomic E-state index is 12.0. The molecule has 3 fully saturated rings. The van der Waals surface area contributed by atoms with Crippen LogP contribution in [0.3, 0.4) is 0 Å². The fourth-order valence-electron chi connectivity index (χ4n) is 3.40. The van der Waals surface area contributed by atoms with Gasteiger partial charge in [-0.15, -0.1) is 0 Å². The van der Waals surface area contributed by atoms with Gasteiger partial charge in [0.15, 0.2) is 0 Å². The predicted octanol–water partition coefficient (Wildman–Crippen LogP) is 2.02. The van der Waals surface area contributed by atoms with Crippen LogP contribution in [0.1, 0.15) is 46.5 Å². The van der Waals surface area contributed by atoms with Crippen LogP contribution in [-0.2, 0) is 4.79 Å². The molecule has 1 amide bonds. The third kappa shape index (κ3) is 2.07. The lowest BCUT2D eigenvalue weighted by atomic mass is 9.93. The topological polar surface area (TPSA) is 32.3 Å². The van der Waals surface area contributed by atoms with Gasteiger partial charge in [0.05, 0.1) is 5.41 Å². The Labute approximate surface area is 110 Å². The molecule has 1 saturated heterocycles. The number of carbonyl (C=O) groups excluding carboxylic acids is 1. The van der Waals surface area contributed by atoms with Gasteiger partial charge in [0, 0.05) is 18.6 Å². The molecule has 2 saturated carbocycles. The van der Waals surface area contributed by atoms with Crippen LogP contribution in [0.5, 0.6) is 0 Å². The van der Waals surface area contributed by atoms with E-state index < -0.39 is 0 Å². The fourth-order valence-corrected chi connectivity index (χ4v) is 3.40. The van der Waals surface area contributed by atoms with Crippen LogP contribution in [0, 0.1) is 17.3 Å². The van der Waals surface area contributed by atoms with E-state index in [4.69, 9.17) is 0 Å². The molecule has 0 aromatic carbocycles. The monoisotopic (exact) mass is 250 g/mol. The second kappa shape index (κ2) is 3.96. The maximum Gasteiger partial charge on any atom is 0.226 e. The Balaban J connectivity index is 1.51. The molecule has 0 radical (unpaired) electrons. The maximum absolute atomic E-state index is 12.0. The molecule has 1 atom stereocenters. The Kier molecular flexibility index (Phi) is 2.74. The first-order chi connectivity index (χ1) is 8.44. The van der Waals surface area contributed by atoms with E-state index in [1.165, 1.54) is 25.9 Å². The highest BCUT2D eigenvalue weighted by molar-refractivity contribution is 5.90. The third-order valence-electron chi connectivity index (χ3n) is 5.33. The molecule has 102 valence electrons. The zero-order valence-corrected chi connectivity index (χ0v) is 12.0. The van der Waals surface area contributed by atoms with Crippen molar-refractivity contribution in [3.63, 3.8) is 0 Å². The van der Waals surface area contributed by atoms with E-state index >= 15 is 0 Å². The van der Waals surface area contributed by atoms with Crippen molar-refractivity contribution in [1.82, 2.24) is 10.2 Å². The molecule has 3 nitrogen and oxygen atoms in total. The van der Waals surface area contributed by atoms with Crippen LogP contribution in [0.15, 0.2) is 0 Å². The minimum atomic E-state index is 0.0975. The molecule has 2 aliphatic carbocycles. The van der Waals surface area contributed by atoms with E-state index in [0.717, 1.165) is 31.2 Å². The van der Waals surface area contributed by atoms with Crippen LogP contribution in [0.25, 0.3) is 0 Å². The second-order valence-electron chi connectivity index (χ2n) is 7.45. The number of hydrogen-bond acceptors (Lipinski definition) is 2. The number of piperidine rings is 1. The lowest BCUT2D eigenvalue weighted by Crippen LogP contribution is -2.55. The van der Waals surface area contributed by atoms with Gasteiger partial charge < -0.3 is 5.32 Å². The van der Waals surface area contributed by atoms with E-state index in [1.807, 2.05) is 0 Å². The molecule has 3 rings (SSSR count). The molecule has 1 unspecified atom stereocenters. The molecule has 3 heteroatoms. The van der Waals surface area contributed by atoms with Crippen LogP contribution in [0.4, 0.5) is 0 Å². The summed E-state index contributed by atoms with van der Waals surface area (Å²) in [7, 11) is 0. The van der Waals surface area contributed by atoms with Crippen molar-refractivity contribution in [1.29, 1.82) is 0 Å². The summed E-state index contributed by atoms with van der Waals surface area (Å²) in [5.74, 6) is 1.87. The van der Waals surface area contributed by atoms with Gasteiger partial charge in [0.1, 0.15) is 0 Å². The molecule has 0 aromatic rings. The van der Waals surface area contributed by atoms with E-state index in [9.17, 15) is 4.79 Å². The summed E-state index contributed by atoms with van der Waals surface area (Å²) < 4.78 is 0. The molecule has 0 spiro atoms.